The van der Waals surface area contributed by atoms with Crippen LogP contribution in [0, 0.1) is 5.82 Å². The monoisotopic (exact) mass is 246 g/mol. The Morgan fingerprint density at radius 2 is 2.17 bits per heavy atom. The van der Waals surface area contributed by atoms with Crippen molar-refractivity contribution in [3.63, 3.8) is 0 Å². The summed E-state index contributed by atoms with van der Waals surface area (Å²) in [7, 11) is 0. The molecule has 0 bridgehead atoms. The van der Waals surface area contributed by atoms with Crippen LogP contribution < -0.4 is 5.32 Å². The van der Waals surface area contributed by atoms with Crippen LogP contribution in [0.2, 0.25) is 0 Å². The third-order valence-electron chi connectivity index (χ3n) is 3.14. The molecule has 0 unspecified atom stereocenters. The van der Waals surface area contributed by atoms with Gasteiger partial charge in [0.05, 0.1) is 0 Å². The Bertz CT molecular complexity index is 505. The maximum absolute atomic E-state index is 13.1. The fourth-order valence-corrected chi connectivity index (χ4v) is 1.96. The molecule has 0 amide bonds. The molecule has 1 atom stereocenters. The van der Waals surface area contributed by atoms with Crippen molar-refractivity contribution >= 4 is 0 Å². The van der Waals surface area contributed by atoms with E-state index in [2.05, 4.69) is 35.3 Å². The highest BCUT2D eigenvalue weighted by Crippen LogP contribution is 2.14. The van der Waals surface area contributed by atoms with Crippen LogP contribution in [0.1, 0.15) is 31.0 Å². The number of rotatable bonds is 5. The Kier molecular flexibility index (Phi) is 4.15. The molecule has 18 heavy (non-hydrogen) atoms. The minimum atomic E-state index is -0.182. The summed E-state index contributed by atoms with van der Waals surface area (Å²) in [6.07, 6.45) is 4.20. The van der Waals surface area contributed by atoms with E-state index < -0.39 is 0 Å². The van der Waals surface area contributed by atoms with E-state index in [1.54, 1.807) is 12.1 Å². The second kappa shape index (κ2) is 5.83. The Balaban J connectivity index is 1.93. The molecule has 0 aliphatic rings. The molecule has 0 aliphatic heterocycles. The van der Waals surface area contributed by atoms with Gasteiger partial charge in [-0.25, -0.2) is 4.39 Å². The van der Waals surface area contributed by atoms with E-state index in [-0.39, 0.29) is 11.9 Å². The van der Waals surface area contributed by atoms with E-state index in [0.717, 1.165) is 18.7 Å². The first kappa shape index (κ1) is 12.8. The largest absolute Gasteiger partial charge is 0.354 e. The lowest BCUT2D eigenvalue weighted by atomic mass is 10.1. The molecule has 0 fully saturated rings. The van der Waals surface area contributed by atoms with Gasteiger partial charge in [0.25, 0.3) is 0 Å². The predicted molar refractivity (Wildman–Crippen MR) is 71.8 cm³/mol. The third-order valence-corrected chi connectivity index (χ3v) is 3.14. The molecule has 2 aromatic rings. The van der Waals surface area contributed by atoms with Crippen molar-refractivity contribution < 1.29 is 4.39 Å². The zero-order valence-electron chi connectivity index (χ0n) is 10.9. The van der Waals surface area contributed by atoms with Crippen molar-refractivity contribution in [2.45, 2.75) is 33.0 Å². The number of nitrogens with zero attached hydrogens (tertiary/aromatic N) is 1. The molecule has 96 valence electrons. The van der Waals surface area contributed by atoms with Crippen LogP contribution in [-0.2, 0) is 13.1 Å². The number of nitrogens with one attached hydrogen (secondary N) is 1. The van der Waals surface area contributed by atoms with Gasteiger partial charge in [0, 0.05) is 31.5 Å². The van der Waals surface area contributed by atoms with Gasteiger partial charge in [0.15, 0.2) is 0 Å². The molecular weight excluding hydrogens is 227 g/mol. The SMILES string of the molecule is CCn1ccc(CN[C@H](C)c2cccc(F)c2)c1. The number of benzene rings is 1. The van der Waals surface area contributed by atoms with E-state index in [9.17, 15) is 4.39 Å². The van der Waals surface area contributed by atoms with Crippen molar-refractivity contribution in [3.8, 4) is 0 Å². The Labute approximate surface area is 107 Å². The summed E-state index contributed by atoms with van der Waals surface area (Å²) in [6.45, 7) is 5.95. The van der Waals surface area contributed by atoms with Gasteiger partial charge in [-0.3, -0.25) is 0 Å². The van der Waals surface area contributed by atoms with Crippen LogP contribution in [0.25, 0.3) is 0 Å². The molecule has 0 spiro atoms. The van der Waals surface area contributed by atoms with Crippen molar-refractivity contribution in [2.75, 3.05) is 0 Å². The maximum atomic E-state index is 13.1. The number of aryl methyl sites for hydroxylation is 1. The molecule has 0 saturated carbocycles. The molecule has 0 saturated heterocycles. The van der Waals surface area contributed by atoms with Crippen molar-refractivity contribution in [1.82, 2.24) is 9.88 Å². The van der Waals surface area contributed by atoms with Gasteiger partial charge < -0.3 is 9.88 Å². The molecule has 2 nitrogen and oxygen atoms in total. The van der Waals surface area contributed by atoms with Crippen LogP contribution in [0.3, 0.4) is 0 Å². The van der Waals surface area contributed by atoms with Crippen molar-refractivity contribution in [1.29, 1.82) is 0 Å². The number of hydrogen-bond donors (Lipinski definition) is 1. The number of hydrogen-bond acceptors (Lipinski definition) is 1. The van der Waals surface area contributed by atoms with E-state index in [0.29, 0.717) is 0 Å². The zero-order valence-corrected chi connectivity index (χ0v) is 10.9. The van der Waals surface area contributed by atoms with Gasteiger partial charge in [-0.1, -0.05) is 12.1 Å². The average Bonchev–Trinajstić information content (AvgIpc) is 2.84. The van der Waals surface area contributed by atoms with Gasteiger partial charge >= 0.3 is 0 Å². The van der Waals surface area contributed by atoms with Gasteiger partial charge in [0.1, 0.15) is 5.82 Å². The van der Waals surface area contributed by atoms with Crippen molar-refractivity contribution in [2.24, 2.45) is 0 Å². The summed E-state index contributed by atoms with van der Waals surface area (Å²) >= 11 is 0. The second-order valence-corrected chi connectivity index (χ2v) is 4.51. The smallest absolute Gasteiger partial charge is 0.123 e. The van der Waals surface area contributed by atoms with Crippen molar-refractivity contribution in [3.05, 3.63) is 59.7 Å². The highest BCUT2D eigenvalue weighted by atomic mass is 19.1. The second-order valence-electron chi connectivity index (χ2n) is 4.51. The summed E-state index contributed by atoms with van der Waals surface area (Å²) in [5, 5.41) is 3.40. The van der Waals surface area contributed by atoms with E-state index in [4.69, 9.17) is 0 Å². The van der Waals surface area contributed by atoms with Crippen LogP contribution in [0.15, 0.2) is 42.7 Å². The lowest BCUT2D eigenvalue weighted by molar-refractivity contribution is 0.564. The fourth-order valence-electron chi connectivity index (χ4n) is 1.96. The number of halogens is 1. The highest BCUT2D eigenvalue weighted by molar-refractivity contribution is 5.20. The summed E-state index contributed by atoms with van der Waals surface area (Å²) < 4.78 is 15.3. The van der Waals surface area contributed by atoms with Crippen LogP contribution in [0.4, 0.5) is 4.39 Å². The van der Waals surface area contributed by atoms with E-state index >= 15 is 0 Å². The first-order chi connectivity index (χ1) is 8.69. The Hall–Kier alpha value is -1.61. The third kappa shape index (κ3) is 3.20. The summed E-state index contributed by atoms with van der Waals surface area (Å²) in [6, 6.07) is 8.99. The minimum absolute atomic E-state index is 0.144. The van der Waals surface area contributed by atoms with Crippen LogP contribution >= 0.6 is 0 Å². The summed E-state index contributed by atoms with van der Waals surface area (Å²) in [5.41, 5.74) is 2.23. The normalized spacial score (nSPS) is 12.6. The standard InChI is InChI=1S/C15H19FN2/c1-3-18-8-7-13(11-18)10-17-12(2)14-5-4-6-15(16)9-14/h4-9,11-12,17H,3,10H2,1-2H3/t12-/m1/s1. The quantitative estimate of drug-likeness (QED) is 0.854. The lowest BCUT2D eigenvalue weighted by Gasteiger charge is -2.13. The molecule has 1 aromatic heterocycles. The van der Waals surface area contributed by atoms with E-state index in [1.165, 1.54) is 11.6 Å². The first-order valence-corrected chi connectivity index (χ1v) is 6.32. The maximum Gasteiger partial charge on any atom is 0.123 e. The molecule has 0 aliphatic carbocycles. The summed E-state index contributed by atoms with van der Waals surface area (Å²) in [5.74, 6) is -0.182. The van der Waals surface area contributed by atoms with Crippen LogP contribution in [0.5, 0.6) is 0 Å². The number of aromatic nitrogens is 1. The lowest BCUT2D eigenvalue weighted by Crippen LogP contribution is -2.17. The molecule has 1 N–H and O–H groups in total. The molecule has 3 heteroatoms. The highest BCUT2D eigenvalue weighted by Gasteiger charge is 2.06. The first-order valence-electron chi connectivity index (χ1n) is 6.32. The van der Waals surface area contributed by atoms with Gasteiger partial charge in [-0.15, -0.1) is 0 Å². The molecule has 1 aromatic carbocycles. The molecule has 2 rings (SSSR count). The van der Waals surface area contributed by atoms with Crippen LogP contribution in [-0.4, -0.2) is 4.57 Å². The zero-order chi connectivity index (χ0) is 13.0. The van der Waals surface area contributed by atoms with Gasteiger partial charge in [0.2, 0.25) is 0 Å². The average molecular weight is 246 g/mol. The Morgan fingerprint density at radius 3 is 2.83 bits per heavy atom. The molecule has 0 radical (unpaired) electrons. The molecular formula is C15H19FN2. The summed E-state index contributed by atoms with van der Waals surface area (Å²) in [4.78, 5) is 0. The predicted octanol–water partition coefficient (Wildman–Crippen LogP) is 3.50. The minimum Gasteiger partial charge on any atom is -0.354 e. The van der Waals surface area contributed by atoms with E-state index in [1.807, 2.05) is 13.0 Å². The Morgan fingerprint density at radius 1 is 1.33 bits per heavy atom. The van der Waals surface area contributed by atoms with Gasteiger partial charge in [-0.05, 0) is 43.2 Å². The topological polar surface area (TPSA) is 17.0 Å². The fraction of sp³-hybridized carbons (Fsp3) is 0.333. The molecule has 1 heterocycles. The van der Waals surface area contributed by atoms with Gasteiger partial charge in [-0.2, -0.15) is 0 Å².